The predicted octanol–water partition coefficient (Wildman–Crippen LogP) is 5.52. The van der Waals surface area contributed by atoms with E-state index in [9.17, 15) is 9.59 Å². The van der Waals surface area contributed by atoms with Crippen LogP contribution in [0.15, 0.2) is 53.5 Å². The molecular formula is C24H30ClN3O3. The highest BCUT2D eigenvalue weighted by atomic mass is 35.5. The molecule has 6 nitrogen and oxygen atoms in total. The molecule has 0 spiro atoms. The van der Waals surface area contributed by atoms with E-state index in [2.05, 4.69) is 15.6 Å². The van der Waals surface area contributed by atoms with Gasteiger partial charge in [0.25, 0.3) is 5.91 Å². The van der Waals surface area contributed by atoms with E-state index in [0.29, 0.717) is 22.8 Å². The van der Waals surface area contributed by atoms with Gasteiger partial charge in [-0.05, 0) is 50.5 Å². The van der Waals surface area contributed by atoms with Crippen LogP contribution in [-0.4, -0.2) is 29.9 Å². The first-order valence-electron chi connectivity index (χ1n) is 10.2. The molecule has 7 heteroatoms. The number of hydrogen-bond donors (Lipinski definition) is 2. The van der Waals surface area contributed by atoms with Gasteiger partial charge in [-0.2, -0.15) is 0 Å². The Labute approximate surface area is 189 Å². The van der Waals surface area contributed by atoms with Crippen LogP contribution in [0.25, 0.3) is 0 Å². The molecule has 2 rings (SSSR count). The molecule has 0 saturated heterocycles. The van der Waals surface area contributed by atoms with Crippen molar-refractivity contribution in [3.63, 3.8) is 0 Å². The number of benzene rings is 2. The largest absolute Gasteiger partial charge is 0.444 e. The van der Waals surface area contributed by atoms with Crippen LogP contribution in [0.2, 0.25) is 5.02 Å². The summed E-state index contributed by atoms with van der Waals surface area (Å²) in [5.41, 5.74) is 1.22. The molecular weight excluding hydrogens is 414 g/mol. The van der Waals surface area contributed by atoms with Crippen molar-refractivity contribution in [2.24, 2.45) is 10.9 Å². The Kier molecular flexibility index (Phi) is 8.63. The fourth-order valence-electron chi connectivity index (χ4n) is 2.66. The van der Waals surface area contributed by atoms with Crippen molar-refractivity contribution in [3.05, 3.63) is 64.7 Å². The Morgan fingerprint density at radius 3 is 2.42 bits per heavy atom. The number of ether oxygens (including phenoxy) is 1. The van der Waals surface area contributed by atoms with Crippen molar-refractivity contribution in [2.45, 2.75) is 52.8 Å². The lowest BCUT2D eigenvalue weighted by molar-refractivity contribution is 0.0509. The Balaban J connectivity index is 2.16. The van der Waals surface area contributed by atoms with Gasteiger partial charge in [0.2, 0.25) is 0 Å². The molecule has 0 fully saturated rings. The Morgan fingerprint density at radius 1 is 1.13 bits per heavy atom. The molecule has 2 amide bonds. The van der Waals surface area contributed by atoms with Crippen molar-refractivity contribution in [3.8, 4) is 0 Å². The van der Waals surface area contributed by atoms with E-state index in [-0.39, 0.29) is 17.9 Å². The average Bonchev–Trinajstić information content (AvgIpc) is 2.68. The van der Waals surface area contributed by atoms with Crippen molar-refractivity contribution >= 4 is 35.5 Å². The molecule has 31 heavy (non-hydrogen) atoms. The molecule has 0 aliphatic rings. The first kappa shape index (κ1) is 24.4. The zero-order chi connectivity index (χ0) is 23.0. The van der Waals surface area contributed by atoms with E-state index in [1.807, 2.05) is 44.2 Å². The summed E-state index contributed by atoms with van der Waals surface area (Å²) < 4.78 is 5.33. The Bertz CT molecular complexity index is 921. The van der Waals surface area contributed by atoms with Crippen LogP contribution < -0.4 is 10.6 Å². The van der Waals surface area contributed by atoms with Gasteiger partial charge in [0, 0.05) is 17.8 Å². The van der Waals surface area contributed by atoms with Crippen molar-refractivity contribution < 1.29 is 14.3 Å². The molecule has 0 bridgehead atoms. The fraction of sp³-hybridized carbons (Fsp3) is 0.375. The van der Waals surface area contributed by atoms with Gasteiger partial charge >= 0.3 is 6.09 Å². The van der Waals surface area contributed by atoms with Gasteiger partial charge < -0.3 is 15.4 Å². The number of rotatable bonds is 7. The van der Waals surface area contributed by atoms with E-state index in [1.165, 1.54) is 0 Å². The maximum absolute atomic E-state index is 12.7. The molecule has 0 heterocycles. The Hall–Kier alpha value is -2.86. The second-order valence-electron chi connectivity index (χ2n) is 8.52. The lowest BCUT2D eigenvalue weighted by atomic mass is 10.1. The van der Waals surface area contributed by atoms with E-state index >= 15 is 0 Å². The number of amides is 2. The summed E-state index contributed by atoms with van der Waals surface area (Å²) in [6, 6.07) is 14.2. The highest BCUT2D eigenvalue weighted by molar-refractivity contribution is 6.31. The van der Waals surface area contributed by atoms with Crippen molar-refractivity contribution in [2.75, 3.05) is 0 Å². The highest BCUT2D eigenvalue weighted by Crippen LogP contribution is 2.24. The summed E-state index contributed by atoms with van der Waals surface area (Å²) in [5, 5.41) is 6.17. The van der Waals surface area contributed by atoms with Gasteiger partial charge in [-0.25, -0.2) is 4.79 Å². The maximum atomic E-state index is 12.7. The number of aliphatic imine (C=N–C) groups is 1. The summed E-state index contributed by atoms with van der Waals surface area (Å²) in [6.45, 7) is 9.73. The van der Waals surface area contributed by atoms with Crippen LogP contribution in [0.4, 0.5) is 10.5 Å². The first-order chi connectivity index (χ1) is 14.5. The monoisotopic (exact) mass is 443 g/mol. The summed E-state index contributed by atoms with van der Waals surface area (Å²) in [4.78, 5) is 29.4. The molecule has 0 aromatic heterocycles. The van der Waals surface area contributed by atoms with E-state index in [4.69, 9.17) is 16.3 Å². The maximum Gasteiger partial charge on any atom is 0.408 e. The molecule has 0 radical (unpaired) electrons. The van der Waals surface area contributed by atoms with Gasteiger partial charge in [-0.1, -0.05) is 55.8 Å². The van der Waals surface area contributed by atoms with E-state index in [1.54, 1.807) is 45.2 Å². The third-order valence-corrected chi connectivity index (χ3v) is 4.51. The summed E-state index contributed by atoms with van der Waals surface area (Å²) in [6.07, 6.45) is 1.08. The third kappa shape index (κ3) is 8.42. The Morgan fingerprint density at radius 2 is 1.81 bits per heavy atom. The van der Waals surface area contributed by atoms with Crippen LogP contribution in [0, 0.1) is 5.92 Å². The van der Waals surface area contributed by atoms with Crippen molar-refractivity contribution in [1.29, 1.82) is 0 Å². The fourth-order valence-corrected chi connectivity index (χ4v) is 2.82. The van der Waals surface area contributed by atoms with E-state index < -0.39 is 11.7 Å². The number of halogens is 1. The third-order valence-electron chi connectivity index (χ3n) is 4.28. The zero-order valence-electron chi connectivity index (χ0n) is 18.6. The lowest BCUT2D eigenvalue weighted by Gasteiger charge is -2.23. The standard InChI is InChI=1S/C24H30ClN3O3/c1-16(2)21(28-23(30)31-24(3,4)5)15-26-20-13-18(25)11-12-19(20)22(29)27-14-17-9-7-6-8-10-17/h6-13,15-16,21H,14H2,1-5H3,(H,27,29)(H,28,30). The SMILES string of the molecule is CC(C)C(C=Nc1cc(Cl)ccc1C(=O)NCc1ccccc1)NC(=O)OC(C)(C)C. The molecule has 2 aromatic rings. The average molecular weight is 444 g/mol. The summed E-state index contributed by atoms with van der Waals surface area (Å²) in [7, 11) is 0. The molecule has 0 aliphatic heterocycles. The quantitative estimate of drug-likeness (QED) is 0.553. The molecule has 2 aromatic carbocycles. The molecule has 1 atom stereocenters. The lowest BCUT2D eigenvalue weighted by Crippen LogP contribution is -2.42. The van der Waals surface area contributed by atoms with Crippen LogP contribution in [-0.2, 0) is 11.3 Å². The van der Waals surface area contributed by atoms with Crippen LogP contribution in [0.5, 0.6) is 0 Å². The second kappa shape index (κ2) is 11.0. The van der Waals surface area contributed by atoms with Gasteiger partial charge in [0.1, 0.15) is 5.60 Å². The molecule has 0 saturated carbocycles. The highest BCUT2D eigenvalue weighted by Gasteiger charge is 2.20. The zero-order valence-corrected chi connectivity index (χ0v) is 19.4. The minimum Gasteiger partial charge on any atom is -0.444 e. The van der Waals surface area contributed by atoms with Crippen LogP contribution in [0.3, 0.4) is 0 Å². The number of nitrogens with zero attached hydrogens (tertiary/aromatic N) is 1. The number of nitrogens with one attached hydrogen (secondary N) is 2. The molecule has 166 valence electrons. The smallest absolute Gasteiger partial charge is 0.408 e. The predicted molar refractivity (Wildman–Crippen MR) is 125 cm³/mol. The van der Waals surface area contributed by atoms with Gasteiger partial charge in [0.05, 0.1) is 17.3 Å². The van der Waals surface area contributed by atoms with E-state index in [0.717, 1.165) is 5.56 Å². The summed E-state index contributed by atoms with van der Waals surface area (Å²) in [5.74, 6) is -0.195. The normalized spacial score (nSPS) is 12.6. The van der Waals surface area contributed by atoms with Gasteiger partial charge in [0.15, 0.2) is 0 Å². The molecule has 2 N–H and O–H groups in total. The molecule has 0 aliphatic carbocycles. The van der Waals surface area contributed by atoms with Crippen LogP contribution >= 0.6 is 11.6 Å². The number of carbonyl (C=O) groups is 2. The first-order valence-corrected chi connectivity index (χ1v) is 10.6. The van der Waals surface area contributed by atoms with Crippen LogP contribution in [0.1, 0.15) is 50.5 Å². The topological polar surface area (TPSA) is 79.8 Å². The number of carbonyl (C=O) groups excluding carboxylic acids is 2. The number of hydrogen-bond acceptors (Lipinski definition) is 4. The summed E-state index contributed by atoms with van der Waals surface area (Å²) >= 11 is 6.13. The van der Waals surface area contributed by atoms with Crippen molar-refractivity contribution in [1.82, 2.24) is 10.6 Å². The molecule has 1 unspecified atom stereocenters. The van der Waals surface area contributed by atoms with Gasteiger partial charge in [-0.15, -0.1) is 0 Å². The van der Waals surface area contributed by atoms with Gasteiger partial charge in [-0.3, -0.25) is 9.79 Å². The minimum absolute atomic E-state index is 0.0609. The minimum atomic E-state index is -0.597. The second-order valence-corrected chi connectivity index (χ2v) is 8.96. The number of alkyl carbamates (subject to hydrolysis) is 1.